The van der Waals surface area contributed by atoms with E-state index in [4.69, 9.17) is 9.15 Å². The minimum atomic E-state index is -3.99. The number of ether oxygens (including phenoxy) is 1. The maximum absolute atomic E-state index is 13.3. The summed E-state index contributed by atoms with van der Waals surface area (Å²) < 4.78 is 51.0. The lowest BCUT2D eigenvalue weighted by atomic mass is 10.1. The van der Waals surface area contributed by atoms with E-state index in [2.05, 4.69) is 4.98 Å². The van der Waals surface area contributed by atoms with Crippen LogP contribution < -0.4 is 4.90 Å². The highest BCUT2D eigenvalue weighted by molar-refractivity contribution is 7.91. The molecule has 2 aromatic carbocycles. The monoisotopic (exact) mass is 402 g/mol. The molecule has 6 nitrogen and oxygen atoms in total. The van der Waals surface area contributed by atoms with E-state index in [1.165, 1.54) is 12.1 Å². The van der Waals surface area contributed by atoms with Gasteiger partial charge in [0.15, 0.2) is 0 Å². The predicted molar refractivity (Wildman–Crippen MR) is 102 cm³/mol. The highest BCUT2D eigenvalue weighted by atomic mass is 32.2. The van der Waals surface area contributed by atoms with Crippen molar-refractivity contribution in [3.8, 4) is 11.5 Å². The average molecular weight is 402 g/mol. The Kier molecular flexibility index (Phi) is 4.91. The third-order valence-corrected chi connectivity index (χ3v) is 6.19. The lowest BCUT2D eigenvalue weighted by Gasteiger charge is -2.26. The molecule has 1 aromatic heterocycles. The Morgan fingerprint density at radius 3 is 2.46 bits per heavy atom. The number of aromatic nitrogens is 1. The summed E-state index contributed by atoms with van der Waals surface area (Å²) in [5, 5.41) is -0.169. The Labute approximate surface area is 162 Å². The number of oxazole rings is 1. The zero-order valence-electron chi connectivity index (χ0n) is 15.3. The number of rotatable bonds is 4. The first kappa shape index (κ1) is 18.6. The molecule has 28 heavy (non-hydrogen) atoms. The van der Waals surface area contributed by atoms with Crippen molar-refractivity contribution in [3.05, 3.63) is 59.9 Å². The number of anilines is 1. The van der Waals surface area contributed by atoms with E-state index >= 15 is 0 Å². The molecule has 146 valence electrons. The molecule has 1 aliphatic heterocycles. The molecule has 2 heterocycles. The lowest BCUT2D eigenvalue weighted by molar-refractivity contribution is 0.120. The molecule has 4 rings (SSSR count). The summed E-state index contributed by atoms with van der Waals surface area (Å²) >= 11 is 0. The summed E-state index contributed by atoms with van der Waals surface area (Å²) in [5.41, 5.74) is 1.70. The molecule has 0 spiro atoms. The van der Waals surface area contributed by atoms with Gasteiger partial charge in [0.1, 0.15) is 5.82 Å². The SMILES string of the molecule is Cc1cccc(-c2nc(S(=O)(=O)c3ccc(F)cc3)c(N3CCOCC3)o2)c1. The van der Waals surface area contributed by atoms with Crippen LogP contribution in [0.15, 0.2) is 62.9 Å². The van der Waals surface area contributed by atoms with E-state index in [0.29, 0.717) is 31.9 Å². The van der Waals surface area contributed by atoms with E-state index in [0.717, 1.165) is 17.7 Å². The van der Waals surface area contributed by atoms with Gasteiger partial charge in [0, 0.05) is 18.7 Å². The predicted octanol–water partition coefficient (Wildman–Crippen LogP) is 3.46. The number of benzene rings is 2. The number of sulfone groups is 1. The molecule has 0 amide bonds. The standard InChI is InChI=1S/C20H19FN2O4S/c1-14-3-2-4-15(13-14)18-22-19(20(27-18)23-9-11-26-12-10-23)28(24,25)17-7-5-16(21)6-8-17/h2-8,13H,9-12H2,1H3. The highest BCUT2D eigenvalue weighted by Crippen LogP contribution is 2.35. The summed E-state index contributed by atoms with van der Waals surface area (Å²) in [6.45, 7) is 3.86. The second-order valence-corrected chi connectivity index (χ2v) is 8.42. The molecule has 1 aliphatic rings. The normalized spacial score (nSPS) is 15.0. The van der Waals surface area contributed by atoms with Gasteiger partial charge >= 0.3 is 0 Å². The Balaban J connectivity index is 1.85. The van der Waals surface area contributed by atoms with Crippen LogP contribution in [0.2, 0.25) is 0 Å². The fourth-order valence-electron chi connectivity index (χ4n) is 3.07. The summed E-state index contributed by atoms with van der Waals surface area (Å²) in [6, 6.07) is 12.2. The van der Waals surface area contributed by atoms with Gasteiger partial charge in [-0.25, -0.2) is 12.8 Å². The molecule has 0 bridgehead atoms. The minimum Gasteiger partial charge on any atom is -0.419 e. The van der Waals surface area contributed by atoms with Gasteiger partial charge in [-0.05, 0) is 43.3 Å². The van der Waals surface area contributed by atoms with Crippen molar-refractivity contribution in [1.82, 2.24) is 4.98 Å². The number of hydrogen-bond acceptors (Lipinski definition) is 6. The Morgan fingerprint density at radius 2 is 1.79 bits per heavy atom. The molecule has 1 saturated heterocycles. The van der Waals surface area contributed by atoms with Gasteiger partial charge in [-0.15, -0.1) is 0 Å². The molecule has 1 fully saturated rings. The van der Waals surface area contributed by atoms with Crippen molar-refractivity contribution < 1.29 is 22.0 Å². The van der Waals surface area contributed by atoms with Crippen LogP contribution in [0.3, 0.4) is 0 Å². The number of hydrogen-bond donors (Lipinski definition) is 0. The van der Waals surface area contributed by atoms with Crippen molar-refractivity contribution in [2.75, 3.05) is 31.2 Å². The van der Waals surface area contributed by atoms with Gasteiger partial charge < -0.3 is 14.1 Å². The molecule has 3 aromatic rings. The first-order valence-corrected chi connectivity index (χ1v) is 10.3. The van der Waals surface area contributed by atoms with E-state index in [1.54, 1.807) is 0 Å². The van der Waals surface area contributed by atoms with Gasteiger partial charge in [0.25, 0.3) is 0 Å². The topological polar surface area (TPSA) is 72.6 Å². The molecule has 8 heteroatoms. The molecule has 0 N–H and O–H groups in total. The number of morpholine rings is 1. The summed E-state index contributed by atoms with van der Waals surface area (Å²) in [4.78, 5) is 6.11. The van der Waals surface area contributed by atoms with E-state index < -0.39 is 15.7 Å². The van der Waals surface area contributed by atoms with Crippen molar-refractivity contribution in [3.63, 3.8) is 0 Å². The molecule has 0 aliphatic carbocycles. The largest absolute Gasteiger partial charge is 0.419 e. The highest BCUT2D eigenvalue weighted by Gasteiger charge is 2.32. The quantitative estimate of drug-likeness (QED) is 0.623. The van der Waals surface area contributed by atoms with Crippen LogP contribution in [0.4, 0.5) is 10.3 Å². The van der Waals surface area contributed by atoms with Crippen LogP contribution in [-0.4, -0.2) is 39.7 Å². The van der Waals surface area contributed by atoms with Crippen molar-refractivity contribution in [2.24, 2.45) is 0 Å². The van der Waals surface area contributed by atoms with Gasteiger partial charge in [-0.1, -0.05) is 17.7 Å². The Morgan fingerprint density at radius 1 is 1.07 bits per heavy atom. The molecular formula is C20H19FN2O4S. The fraction of sp³-hybridized carbons (Fsp3) is 0.250. The van der Waals surface area contributed by atoms with Crippen LogP contribution in [-0.2, 0) is 14.6 Å². The third kappa shape index (κ3) is 3.53. The molecule has 0 radical (unpaired) electrons. The second kappa shape index (κ2) is 7.37. The summed E-state index contributed by atoms with van der Waals surface area (Å²) in [6.07, 6.45) is 0. The number of halogens is 1. The zero-order chi connectivity index (χ0) is 19.7. The Hall–Kier alpha value is -2.71. The van der Waals surface area contributed by atoms with Gasteiger partial charge in [0.05, 0.1) is 18.1 Å². The summed E-state index contributed by atoms with van der Waals surface area (Å²) in [5.74, 6) is -0.0945. The van der Waals surface area contributed by atoms with E-state index in [1.807, 2.05) is 36.1 Å². The van der Waals surface area contributed by atoms with Crippen LogP contribution in [0, 0.1) is 12.7 Å². The van der Waals surface area contributed by atoms with E-state index in [-0.39, 0.29) is 21.7 Å². The van der Waals surface area contributed by atoms with Crippen molar-refractivity contribution in [2.45, 2.75) is 16.8 Å². The number of nitrogens with zero attached hydrogens (tertiary/aromatic N) is 2. The van der Waals surface area contributed by atoms with Crippen LogP contribution in [0.25, 0.3) is 11.5 Å². The third-order valence-electron chi connectivity index (χ3n) is 4.52. The van der Waals surface area contributed by atoms with E-state index in [9.17, 15) is 12.8 Å². The smallest absolute Gasteiger partial charge is 0.236 e. The first-order chi connectivity index (χ1) is 13.4. The van der Waals surface area contributed by atoms with Crippen molar-refractivity contribution in [1.29, 1.82) is 0 Å². The van der Waals surface area contributed by atoms with Gasteiger partial charge in [-0.3, -0.25) is 0 Å². The Bertz CT molecular complexity index is 1090. The van der Waals surface area contributed by atoms with Gasteiger partial charge in [-0.2, -0.15) is 4.98 Å². The maximum atomic E-state index is 13.3. The molecular weight excluding hydrogens is 383 g/mol. The molecule has 0 saturated carbocycles. The second-order valence-electron chi connectivity index (χ2n) is 6.56. The zero-order valence-corrected chi connectivity index (χ0v) is 16.1. The van der Waals surface area contributed by atoms with Crippen LogP contribution in [0.1, 0.15) is 5.56 Å². The maximum Gasteiger partial charge on any atom is 0.236 e. The lowest BCUT2D eigenvalue weighted by Crippen LogP contribution is -2.36. The molecule has 0 atom stereocenters. The van der Waals surface area contributed by atoms with Gasteiger partial charge in [0.2, 0.25) is 26.6 Å². The fourth-order valence-corrected chi connectivity index (χ4v) is 4.39. The summed E-state index contributed by atoms with van der Waals surface area (Å²) in [7, 11) is -3.99. The van der Waals surface area contributed by atoms with Crippen LogP contribution in [0.5, 0.6) is 0 Å². The molecule has 0 unspecified atom stereocenters. The minimum absolute atomic E-state index is 0.0347. The number of aryl methyl sites for hydroxylation is 1. The first-order valence-electron chi connectivity index (χ1n) is 8.86. The van der Waals surface area contributed by atoms with Crippen molar-refractivity contribution >= 4 is 15.7 Å². The average Bonchev–Trinajstić information content (AvgIpc) is 3.15. The van der Waals surface area contributed by atoms with Crippen LogP contribution >= 0.6 is 0 Å².